The number of hydrogen-bond acceptors (Lipinski definition) is 3. The average molecular weight is 321 g/mol. The van der Waals surface area contributed by atoms with Crippen molar-refractivity contribution < 1.29 is 4.39 Å². The number of aliphatic imine (C=N–C) groups is 1. The lowest BCUT2D eigenvalue weighted by atomic mass is 10.1. The lowest BCUT2D eigenvalue weighted by Gasteiger charge is -2.37. The molecule has 1 aromatic carbocycles. The third-order valence-electron chi connectivity index (χ3n) is 4.39. The van der Waals surface area contributed by atoms with Gasteiger partial charge in [0.25, 0.3) is 0 Å². The SMILES string of the molecule is CN=C(NCc1ccc(F)c(C)c1)NCC1CN(C)CCN1C. The molecule has 0 spiro atoms. The summed E-state index contributed by atoms with van der Waals surface area (Å²) in [7, 11) is 6.09. The fourth-order valence-corrected chi connectivity index (χ4v) is 2.76. The van der Waals surface area contributed by atoms with Gasteiger partial charge in [-0.05, 0) is 38.2 Å². The summed E-state index contributed by atoms with van der Waals surface area (Å²) >= 11 is 0. The number of benzene rings is 1. The normalized spacial score (nSPS) is 20.6. The number of rotatable bonds is 4. The number of piperazine rings is 1. The molecule has 6 heteroatoms. The second-order valence-electron chi connectivity index (χ2n) is 6.29. The van der Waals surface area contributed by atoms with Gasteiger partial charge >= 0.3 is 0 Å². The molecule has 0 saturated carbocycles. The van der Waals surface area contributed by atoms with Gasteiger partial charge in [0.15, 0.2) is 5.96 Å². The predicted molar refractivity (Wildman–Crippen MR) is 93.3 cm³/mol. The van der Waals surface area contributed by atoms with Crippen molar-refractivity contribution in [2.24, 2.45) is 4.99 Å². The summed E-state index contributed by atoms with van der Waals surface area (Å²) in [6.07, 6.45) is 0. The van der Waals surface area contributed by atoms with Crippen LogP contribution in [0, 0.1) is 12.7 Å². The fourth-order valence-electron chi connectivity index (χ4n) is 2.76. The minimum atomic E-state index is -0.166. The highest BCUT2D eigenvalue weighted by Crippen LogP contribution is 2.09. The Labute approximate surface area is 138 Å². The van der Waals surface area contributed by atoms with Crippen molar-refractivity contribution in [3.8, 4) is 0 Å². The Kier molecular flexibility index (Phi) is 6.36. The van der Waals surface area contributed by atoms with E-state index >= 15 is 0 Å². The molecule has 2 rings (SSSR count). The topological polar surface area (TPSA) is 42.9 Å². The molecule has 1 atom stereocenters. The molecular weight excluding hydrogens is 293 g/mol. The van der Waals surface area contributed by atoms with Crippen LogP contribution < -0.4 is 10.6 Å². The van der Waals surface area contributed by atoms with Crippen LogP contribution in [0.1, 0.15) is 11.1 Å². The van der Waals surface area contributed by atoms with E-state index in [0.29, 0.717) is 18.2 Å². The molecule has 1 aliphatic rings. The fraction of sp³-hybridized carbons (Fsp3) is 0.588. The smallest absolute Gasteiger partial charge is 0.191 e. The van der Waals surface area contributed by atoms with Crippen molar-refractivity contribution in [1.29, 1.82) is 0 Å². The van der Waals surface area contributed by atoms with Crippen LogP contribution in [0.15, 0.2) is 23.2 Å². The molecule has 1 unspecified atom stereocenters. The molecule has 1 heterocycles. The van der Waals surface area contributed by atoms with Crippen LogP contribution >= 0.6 is 0 Å². The van der Waals surface area contributed by atoms with Crippen LogP contribution in [0.4, 0.5) is 4.39 Å². The van der Waals surface area contributed by atoms with E-state index in [0.717, 1.165) is 37.7 Å². The Balaban J connectivity index is 1.82. The summed E-state index contributed by atoms with van der Waals surface area (Å²) < 4.78 is 13.3. The molecular formula is C17H28FN5. The Morgan fingerprint density at radius 3 is 2.78 bits per heavy atom. The quantitative estimate of drug-likeness (QED) is 0.642. The van der Waals surface area contributed by atoms with E-state index in [1.165, 1.54) is 6.07 Å². The number of hydrogen-bond donors (Lipinski definition) is 2. The number of nitrogens with zero attached hydrogens (tertiary/aromatic N) is 3. The summed E-state index contributed by atoms with van der Waals surface area (Å²) in [5.41, 5.74) is 1.71. The lowest BCUT2D eigenvalue weighted by Crippen LogP contribution is -2.55. The van der Waals surface area contributed by atoms with Gasteiger partial charge in [0, 0.05) is 45.8 Å². The van der Waals surface area contributed by atoms with Gasteiger partial charge in [0.1, 0.15) is 5.82 Å². The number of likely N-dealkylation sites (N-methyl/N-ethyl adjacent to an activating group) is 2. The van der Waals surface area contributed by atoms with E-state index < -0.39 is 0 Å². The Morgan fingerprint density at radius 1 is 1.30 bits per heavy atom. The third kappa shape index (κ3) is 5.18. The number of halogens is 1. The van der Waals surface area contributed by atoms with Crippen molar-refractivity contribution in [2.45, 2.75) is 19.5 Å². The second kappa shape index (κ2) is 8.26. The van der Waals surface area contributed by atoms with E-state index in [9.17, 15) is 4.39 Å². The van der Waals surface area contributed by atoms with Crippen LogP contribution in [0.25, 0.3) is 0 Å². The summed E-state index contributed by atoms with van der Waals surface area (Å²) in [5, 5.41) is 6.67. The molecule has 1 fully saturated rings. The Morgan fingerprint density at radius 2 is 2.09 bits per heavy atom. The molecule has 128 valence electrons. The second-order valence-corrected chi connectivity index (χ2v) is 6.29. The maximum atomic E-state index is 13.3. The van der Waals surface area contributed by atoms with Gasteiger partial charge in [0.2, 0.25) is 0 Å². The first-order chi connectivity index (χ1) is 11.0. The van der Waals surface area contributed by atoms with Crippen LogP contribution in [0.5, 0.6) is 0 Å². The van der Waals surface area contributed by atoms with Crippen molar-refractivity contribution in [3.05, 3.63) is 35.1 Å². The molecule has 0 bridgehead atoms. The molecule has 0 radical (unpaired) electrons. The van der Waals surface area contributed by atoms with Gasteiger partial charge in [-0.1, -0.05) is 12.1 Å². The maximum Gasteiger partial charge on any atom is 0.191 e. The van der Waals surface area contributed by atoms with E-state index in [1.54, 1.807) is 20.0 Å². The van der Waals surface area contributed by atoms with Gasteiger partial charge in [-0.25, -0.2) is 4.39 Å². The van der Waals surface area contributed by atoms with Crippen LogP contribution in [-0.2, 0) is 6.54 Å². The highest BCUT2D eigenvalue weighted by Gasteiger charge is 2.21. The van der Waals surface area contributed by atoms with Crippen LogP contribution in [0.2, 0.25) is 0 Å². The Hall–Kier alpha value is -1.66. The zero-order valence-electron chi connectivity index (χ0n) is 14.6. The largest absolute Gasteiger partial charge is 0.355 e. The molecule has 1 saturated heterocycles. The zero-order chi connectivity index (χ0) is 16.8. The Bertz CT molecular complexity index is 546. The van der Waals surface area contributed by atoms with Crippen molar-refractivity contribution in [2.75, 3.05) is 47.3 Å². The van der Waals surface area contributed by atoms with E-state index in [2.05, 4.69) is 39.5 Å². The first-order valence-corrected chi connectivity index (χ1v) is 8.08. The highest BCUT2D eigenvalue weighted by atomic mass is 19.1. The van der Waals surface area contributed by atoms with Gasteiger partial charge in [0.05, 0.1) is 0 Å². The van der Waals surface area contributed by atoms with Gasteiger partial charge < -0.3 is 15.5 Å². The molecule has 0 amide bonds. The number of nitrogens with one attached hydrogen (secondary N) is 2. The van der Waals surface area contributed by atoms with Gasteiger partial charge in [-0.3, -0.25) is 9.89 Å². The molecule has 2 N–H and O–H groups in total. The van der Waals surface area contributed by atoms with Crippen LogP contribution in [-0.4, -0.2) is 69.1 Å². The summed E-state index contributed by atoms with van der Waals surface area (Å²) in [4.78, 5) is 8.99. The summed E-state index contributed by atoms with van der Waals surface area (Å²) in [6, 6.07) is 5.64. The lowest BCUT2D eigenvalue weighted by molar-refractivity contribution is 0.116. The van der Waals surface area contributed by atoms with Crippen molar-refractivity contribution in [1.82, 2.24) is 20.4 Å². The first kappa shape index (κ1) is 17.7. The number of guanidine groups is 1. The van der Waals surface area contributed by atoms with Crippen molar-refractivity contribution in [3.63, 3.8) is 0 Å². The average Bonchev–Trinajstić information content (AvgIpc) is 2.54. The zero-order valence-corrected chi connectivity index (χ0v) is 14.6. The van der Waals surface area contributed by atoms with E-state index in [-0.39, 0.29) is 5.82 Å². The standard InChI is InChI=1S/C17H28FN5/c1-13-9-14(5-6-16(13)18)10-20-17(19-2)21-11-15-12-22(3)7-8-23(15)4/h5-6,9,15H,7-8,10-12H2,1-4H3,(H2,19,20,21). The van der Waals surface area contributed by atoms with Gasteiger partial charge in [-0.2, -0.15) is 0 Å². The third-order valence-corrected chi connectivity index (χ3v) is 4.39. The molecule has 1 aliphatic heterocycles. The monoisotopic (exact) mass is 321 g/mol. The molecule has 0 aromatic heterocycles. The van der Waals surface area contributed by atoms with E-state index in [4.69, 9.17) is 0 Å². The number of aryl methyl sites for hydroxylation is 1. The predicted octanol–water partition coefficient (Wildman–Crippen LogP) is 1.04. The minimum absolute atomic E-state index is 0.166. The summed E-state index contributed by atoms with van der Waals surface area (Å²) in [6.45, 7) is 6.51. The van der Waals surface area contributed by atoms with Gasteiger partial charge in [-0.15, -0.1) is 0 Å². The molecule has 5 nitrogen and oxygen atoms in total. The van der Waals surface area contributed by atoms with Crippen molar-refractivity contribution >= 4 is 5.96 Å². The molecule has 0 aliphatic carbocycles. The maximum absolute atomic E-state index is 13.3. The minimum Gasteiger partial charge on any atom is -0.355 e. The molecule has 23 heavy (non-hydrogen) atoms. The highest BCUT2D eigenvalue weighted by molar-refractivity contribution is 5.79. The van der Waals surface area contributed by atoms with Crippen LogP contribution in [0.3, 0.4) is 0 Å². The molecule has 1 aromatic rings. The van der Waals surface area contributed by atoms with E-state index in [1.807, 2.05) is 6.07 Å². The first-order valence-electron chi connectivity index (χ1n) is 8.08. The summed E-state index contributed by atoms with van der Waals surface area (Å²) in [5.74, 6) is 0.606.